The molecule has 110 valence electrons. The van der Waals surface area contributed by atoms with Crippen molar-refractivity contribution in [2.75, 3.05) is 6.54 Å². The lowest BCUT2D eigenvalue weighted by Gasteiger charge is -2.23. The third kappa shape index (κ3) is 2.83. The van der Waals surface area contributed by atoms with E-state index < -0.39 is 0 Å². The van der Waals surface area contributed by atoms with Crippen molar-refractivity contribution >= 4 is 17.2 Å². The van der Waals surface area contributed by atoms with E-state index in [1.807, 2.05) is 16.3 Å². The first-order valence-corrected chi connectivity index (χ1v) is 8.20. The number of aromatic nitrogens is 2. The zero-order valence-electron chi connectivity index (χ0n) is 12.3. The quantitative estimate of drug-likeness (QED) is 0.869. The van der Waals surface area contributed by atoms with E-state index >= 15 is 0 Å². The highest BCUT2D eigenvalue weighted by molar-refractivity contribution is 7.10. The minimum atomic E-state index is 0.0635. The second kappa shape index (κ2) is 5.93. The Morgan fingerprint density at radius 1 is 1.43 bits per heavy atom. The smallest absolute Gasteiger partial charge is 0.255 e. The lowest BCUT2D eigenvalue weighted by atomic mass is 10.1. The van der Waals surface area contributed by atoms with Crippen LogP contribution in [0.5, 0.6) is 0 Å². The Balaban J connectivity index is 1.83. The second-order valence-corrected chi connectivity index (χ2v) is 6.62. The predicted molar refractivity (Wildman–Crippen MR) is 83.5 cm³/mol. The Bertz CT molecular complexity index is 623. The molecule has 0 aliphatic carbocycles. The third-order valence-electron chi connectivity index (χ3n) is 3.87. The van der Waals surface area contributed by atoms with Crippen molar-refractivity contribution in [3.05, 3.63) is 46.2 Å². The van der Waals surface area contributed by atoms with Gasteiger partial charge >= 0.3 is 0 Å². The Kier molecular flexibility index (Phi) is 4.01. The van der Waals surface area contributed by atoms with Gasteiger partial charge in [-0.2, -0.15) is 0 Å². The molecule has 1 fully saturated rings. The lowest BCUT2D eigenvalue weighted by Crippen LogP contribution is -2.30. The molecule has 3 rings (SSSR count). The van der Waals surface area contributed by atoms with Gasteiger partial charge in [-0.3, -0.25) is 14.8 Å². The van der Waals surface area contributed by atoms with Crippen LogP contribution in [-0.2, 0) is 0 Å². The van der Waals surface area contributed by atoms with Crippen LogP contribution < -0.4 is 0 Å². The molecule has 4 nitrogen and oxygen atoms in total. The number of hydrogen-bond acceptors (Lipinski definition) is 4. The summed E-state index contributed by atoms with van der Waals surface area (Å²) in [4.78, 5) is 24.4. The van der Waals surface area contributed by atoms with E-state index in [0.29, 0.717) is 5.92 Å². The molecule has 0 radical (unpaired) electrons. The van der Waals surface area contributed by atoms with Gasteiger partial charge in [0.05, 0.1) is 23.5 Å². The molecular weight excluding hydrogens is 282 g/mol. The molecule has 2 aromatic heterocycles. The summed E-state index contributed by atoms with van der Waals surface area (Å²) in [6, 6.07) is 2.09. The van der Waals surface area contributed by atoms with Gasteiger partial charge in [0, 0.05) is 29.2 Å². The van der Waals surface area contributed by atoms with E-state index in [1.165, 1.54) is 4.88 Å². The van der Waals surface area contributed by atoms with E-state index in [9.17, 15) is 4.79 Å². The zero-order valence-corrected chi connectivity index (χ0v) is 13.1. The number of carbonyl (C=O) groups excluding carboxylic acids is 1. The molecule has 2 aromatic rings. The van der Waals surface area contributed by atoms with Crippen LogP contribution in [-0.4, -0.2) is 27.3 Å². The summed E-state index contributed by atoms with van der Waals surface area (Å²) >= 11 is 1.67. The van der Waals surface area contributed by atoms with Gasteiger partial charge in [0.2, 0.25) is 0 Å². The number of carbonyl (C=O) groups is 1. The van der Waals surface area contributed by atoms with Crippen LogP contribution in [0.1, 0.15) is 59.6 Å². The van der Waals surface area contributed by atoms with Crippen molar-refractivity contribution in [2.24, 2.45) is 0 Å². The summed E-state index contributed by atoms with van der Waals surface area (Å²) in [7, 11) is 0. The fourth-order valence-corrected chi connectivity index (χ4v) is 3.63. The minimum absolute atomic E-state index is 0.0635. The summed E-state index contributed by atoms with van der Waals surface area (Å²) in [5.74, 6) is 0.581. The van der Waals surface area contributed by atoms with Crippen LogP contribution in [0, 0.1) is 0 Å². The maximum atomic E-state index is 12.8. The fourth-order valence-electron chi connectivity index (χ4n) is 2.73. The number of nitrogens with zero attached hydrogens (tertiary/aromatic N) is 3. The molecule has 0 aromatic carbocycles. The molecule has 5 heteroatoms. The van der Waals surface area contributed by atoms with Crippen LogP contribution >= 0.6 is 11.3 Å². The predicted octanol–water partition coefficient (Wildman–Crippen LogP) is 3.64. The van der Waals surface area contributed by atoms with Crippen LogP contribution in [0.25, 0.3) is 0 Å². The fraction of sp³-hybridized carbons (Fsp3) is 0.438. The van der Waals surface area contributed by atoms with Gasteiger partial charge in [0.15, 0.2) is 0 Å². The van der Waals surface area contributed by atoms with Gasteiger partial charge in [-0.05, 0) is 24.8 Å². The number of rotatable bonds is 3. The first kappa shape index (κ1) is 14.2. The van der Waals surface area contributed by atoms with Gasteiger partial charge < -0.3 is 4.90 Å². The van der Waals surface area contributed by atoms with Gasteiger partial charge in [-0.1, -0.05) is 13.8 Å². The summed E-state index contributed by atoms with van der Waals surface area (Å²) in [5.41, 5.74) is 1.70. The van der Waals surface area contributed by atoms with Gasteiger partial charge in [-0.25, -0.2) is 0 Å². The summed E-state index contributed by atoms with van der Waals surface area (Å²) in [6.45, 7) is 5.10. The molecule has 1 aliphatic heterocycles. The first-order chi connectivity index (χ1) is 10.2. The van der Waals surface area contributed by atoms with Crippen molar-refractivity contribution in [3.63, 3.8) is 0 Å². The SMILES string of the molecule is CC(C)c1cc(C(=O)N2CCCC2c2cnccn2)cs1. The minimum Gasteiger partial charge on any atom is -0.330 e. The van der Waals surface area contributed by atoms with Crippen LogP contribution in [0.3, 0.4) is 0 Å². The van der Waals surface area contributed by atoms with E-state index in [4.69, 9.17) is 0 Å². The molecule has 0 saturated carbocycles. The van der Waals surface area contributed by atoms with Crippen LogP contribution in [0.4, 0.5) is 0 Å². The molecule has 3 heterocycles. The van der Waals surface area contributed by atoms with Crippen molar-refractivity contribution in [1.82, 2.24) is 14.9 Å². The molecule has 1 unspecified atom stereocenters. The maximum Gasteiger partial charge on any atom is 0.255 e. The Morgan fingerprint density at radius 3 is 2.95 bits per heavy atom. The topological polar surface area (TPSA) is 46.1 Å². The van der Waals surface area contributed by atoms with Gasteiger partial charge in [0.25, 0.3) is 5.91 Å². The highest BCUT2D eigenvalue weighted by Crippen LogP contribution is 2.33. The van der Waals surface area contributed by atoms with Crippen LogP contribution in [0.2, 0.25) is 0 Å². The average Bonchev–Trinajstić information content (AvgIpc) is 3.17. The van der Waals surface area contributed by atoms with E-state index in [-0.39, 0.29) is 11.9 Å². The third-order valence-corrected chi connectivity index (χ3v) is 5.11. The first-order valence-electron chi connectivity index (χ1n) is 7.32. The zero-order chi connectivity index (χ0) is 14.8. The standard InChI is InChI=1S/C16H19N3OS/c1-11(2)15-8-12(10-21-15)16(20)19-7-3-4-14(19)13-9-17-5-6-18-13/h5-6,8-11,14H,3-4,7H2,1-2H3. The Hall–Kier alpha value is -1.75. The monoisotopic (exact) mass is 301 g/mol. The van der Waals surface area contributed by atoms with Gasteiger partial charge in [0.1, 0.15) is 0 Å². The number of likely N-dealkylation sites (tertiary alicyclic amines) is 1. The number of amides is 1. The largest absolute Gasteiger partial charge is 0.330 e. The van der Waals surface area contributed by atoms with Crippen molar-refractivity contribution in [1.29, 1.82) is 0 Å². The molecule has 0 N–H and O–H groups in total. The molecule has 1 aliphatic rings. The Labute approximate surface area is 128 Å². The lowest BCUT2D eigenvalue weighted by molar-refractivity contribution is 0.0733. The highest BCUT2D eigenvalue weighted by atomic mass is 32.1. The van der Waals surface area contributed by atoms with Crippen molar-refractivity contribution in [3.8, 4) is 0 Å². The highest BCUT2D eigenvalue weighted by Gasteiger charge is 2.32. The van der Waals surface area contributed by atoms with E-state index in [1.54, 1.807) is 29.9 Å². The average molecular weight is 301 g/mol. The summed E-state index contributed by atoms with van der Waals surface area (Å²) in [6.07, 6.45) is 7.11. The molecule has 21 heavy (non-hydrogen) atoms. The van der Waals surface area contributed by atoms with Crippen molar-refractivity contribution < 1.29 is 4.79 Å². The second-order valence-electron chi connectivity index (χ2n) is 5.68. The molecule has 0 bridgehead atoms. The van der Waals surface area contributed by atoms with E-state index in [0.717, 1.165) is 30.6 Å². The van der Waals surface area contributed by atoms with Crippen LogP contribution in [0.15, 0.2) is 30.0 Å². The van der Waals surface area contributed by atoms with Crippen molar-refractivity contribution in [2.45, 2.75) is 38.6 Å². The number of thiophene rings is 1. The maximum absolute atomic E-state index is 12.8. The number of hydrogen-bond donors (Lipinski definition) is 0. The Morgan fingerprint density at radius 2 is 2.29 bits per heavy atom. The van der Waals surface area contributed by atoms with E-state index in [2.05, 4.69) is 23.8 Å². The molecule has 1 saturated heterocycles. The summed E-state index contributed by atoms with van der Waals surface area (Å²) in [5, 5.41) is 1.98. The molecule has 1 amide bonds. The summed E-state index contributed by atoms with van der Waals surface area (Å²) < 4.78 is 0. The normalized spacial score (nSPS) is 18.4. The molecule has 0 spiro atoms. The molecule has 1 atom stereocenters. The molecular formula is C16H19N3OS. The van der Waals surface area contributed by atoms with Gasteiger partial charge in [-0.15, -0.1) is 11.3 Å².